The molecular weight excluding hydrogens is 426 g/mol. The third-order valence-corrected chi connectivity index (χ3v) is 8.57. The summed E-state index contributed by atoms with van der Waals surface area (Å²) < 4.78 is 1.70. The highest BCUT2D eigenvalue weighted by atomic mass is 32.2. The first-order valence-corrected chi connectivity index (χ1v) is 13.6. The molecule has 1 fully saturated rings. The van der Waals surface area contributed by atoms with E-state index >= 15 is 0 Å². The summed E-state index contributed by atoms with van der Waals surface area (Å²) in [6, 6.07) is 0.284. The van der Waals surface area contributed by atoms with Crippen molar-refractivity contribution in [3.63, 3.8) is 0 Å². The zero-order chi connectivity index (χ0) is 21.6. The van der Waals surface area contributed by atoms with E-state index in [1.807, 2.05) is 0 Å². The van der Waals surface area contributed by atoms with Gasteiger partial charge in [0.05, 0.1) is 11.1 Å². The van der Waals surface area contributed by atoms with E-state index in [-0.39, 0.29) is 23.3 Å². The Morgan fingerprint density at radius 2 is 1.84 bits per heavy atom. The molecule has 0 saturated heterocycles. The van der Waals surface area contributed by atoms with Crippen molar-refractivity contribution in [1.82, 2.24) is 14.9 Å². The first-order chi connectivity index (χ1) is 15.2. The van der Waals surface area contributed by atoms with Gasteiger partial charge in [0.1, 0.15) is 4.83 Å². The Kier molecular flexibility index (Phi) is 7.88. The maximum atomic E-state index is 13.4. The predicted molar refractivity (Wildman–Crippen MR) is 130 cm³/mol. The zero-order valence-electron chi connectivity index (χ0n) is 18.3. The second-order valence-corrected chi connectivity index (χ2v) is 10.8. The van der Waals surface area contributed by atoms with Crippen molar-refractivity contribution in [3.05, 3.63) is 33.4 Å². The zero-order valence-corrected chi connectivity index (χ0v) is 19.9. The lowest BCUT2D eigenvalue weighted by Crippen LogP contribution is -2.36. The highest BCUT2D eigenvalue weighted by molar-refractivity contribution is 7.99. The van der Waals surface area contributed by atoms with Gasteiger partial charge in [0.2, 0.25) is 5.91 Å². The van der Waals surface area contributed by atoms with E-state index in [1.165, 1.54) is 67.1 Å². The van der Waals surface area contributed by atoms with Gasteiger partial charge >= 0.3 is 0 Å². The third-order valence-electron chi connectivity index (χ3n) is 6.40. The largest absolute Gasteiger partial charge is 0.353 e. The molecule has 0 spiro atoms. The third kappa shape index (κ3) is 5.43. The summed E-state index contributed by atoms with van der Waals surface area (Å²) in [4.78, 5) is 33.0. The van der Waals surface area contributed by atoms with E-state index in [1.54, 1.807) is 22.0 Å². The number of carbonyl (C=O) groups is 1. The minimum absolute atomic E-state index is 0.0206. The smallest absolute Gasteiger partial charge is 0.263 e. The molecule has 5 nitrogen and oxygen atoms in total. The van der Waals surface area contributed by atoms with Crippen LogP contribution in [-0.4, -0.2) is 27.3 Å². The number of fused-ring (bicyclic) bond motifs is 3. The summed E-state index contributed by atoms with van der Waals surface area (Å²) >= 11 is 3.04. The topological polar surface area (TPSA) is 64.0 Å². The second-order valence-electron chi connectivity index (χ2n) is 8.74. The summed E-state index contributed by atoms with van der Waals surface area (Å²) in [5.74, 6) is 0.327. The van der Waals surface area contributed by atoms with Crippen LogP contribution < -0.4 is 10.9 Å². The van der Waals surface area contributed by atoms with Crippen LogP contribution in [0.3, 0.4) is 0 Å². The predicted octanol–water partition coefficient (Wildman–Crippen LogP) is 5.23. The molecule has 0 bridgehead atoms. The van der Waals surface area contributed by atoms with Crippen LogP contribution in [0.2, 0.25) is 0 Å². The first kappa shape index (κ1) is 22.6. The number of allylic oxidation sites excluding steroid dienone is 1. The molecule has 0 unspecified atom stereocenters. The summed E-state index contributed by atoms with van der Waals surface area (Å²) in [5.41, 5.74) is 1.23. The van der Waals surface area contributed by atoms with Crippen LogP contribution in [-0.2, 0) is 24.2 Å². The van der Waals surface area contributed by atoms with E-state index in [2.05, 4.69) is 11.9 Å². The molecule has 1 amide bonds. The quantitative estimate of drug-likeness (QED) is 0.278. The number of rotatable bonds is 6. The second kappa shape index (κ2) is 10.8. The minimum atomic E-state index is 0.0206. The average Bonchev–Trinajstić information content (AvgIpc) is 2.92. The lowest BCUT2D eigenvalue weighted by Gasteiger charge is -2.21. The monoisotopic (exact) mass is 459 g/mol. The summed E-state index contributed by atoms with van der Waals surface area (Å²) in [7, 11) is 0. The lowest BCUT2D eigenvalue weighted by molar-refractivity contribution is -0.119. The lowest BCUT2D eigenvalue weighted by atomic mass is 9.97. The molecule has 31 heavy (non-hydrogen) atoms. The van der Waals surface area contributed by atoms with Crippen LogP contribution in [0.25, 0.3) is 10.2 Å². The molecule has 7 heteroatoms. The molecule has 2 heterocycles. The van der Waals surface area contributed by atoms with Crippen molar-refractivity contribution >= 4 is 39.2 Å². The molecule has 0 aliphatic heterocycles. The van der Waals surface area contributed by atoms with Crippen LogP contribution in [0.15, 0.2) is 22.6 Å². The first-order valence-electron chi connectivity index (χ1n) is 11.8. The number of hydrogen-bond donors (Lipinski definition) is 1. The van der Waals surface area contributed by atoms with Crippen LogP contribution in [0.1, 0.15) is 74.6 Å². The van der Waals surface area contributed by atoms with Crippen molar-refractivity contribution in [2.24, 2.45) is 0 Å². The molecule has 0 atom stereocenters. The Labute approximate surface area is 192 Å². The van der Waals surface area contributed by atoms with Crippen LogP contribution >= 0.6 is 23.1 Å². The van der Waals surface area contributed by atoms with Crippen molar-refractivity contribution < 1.29 is 4.79 Å². The van der Waals surface area contributed by atoms with Crippen LogP contribution in [0.4, 0.5) is 0 Å². The van der Waals surface area contributed by atoms with Crippen molar-refractivity contribution in [2.75, 3.05) is 5.75 Å². The Morgan fingerprint density at radius 1 is 1.13 bits per heavy atom. The summed E-state index contributed by atoms with van der Waals surface area (Å²) in [6.07, 6.45) is 15.7. The molecular formula is C24H33N3O2S2. The number of thiophene rings is 1. The van der Waals surface area contributed by atoms with Gasteiger partial charge in [-0.2, -0.15) is 0 Å². The molecule has 0 aromatic carbocycles. The van der Waals surface area contributed by atoms with Gasteiger partial charge in [-0.25, -0.2) is 4.98 Å². The highest BCUT2D eigenvalue weighted by Gasteiger charge is 2.22. The standard InChI is InChI=1S/C24H33N3O2S2/c1-2-15-27-23(29)21-18-13-9-6-10-14-19(18)31-22(21)26-24(27)30-16-20(28)25-17-11-7-4-3-5-8-12-17/h2,17H,1,3-16H2,(H,25,28). The summed E-state index contributed by atoms with van der Waals surface area (Å²) in [6.45, 7) is 4.24. The van der Waals surface area contributed by atoms with Gasteiger partial charge in [-0.15, -0.1) is 17.9 Å². The Morgan fingerprint density at radius 3 is 2.61 bits per heavy atom. The van der Waals surface area contributed by atoms with E-state index in [0.29, 0.717) is 11.7 Å². The molecule has 1 N–H and O–H groups in total. The average molecular weight is 460 g/mol. The fourth-order valence-corrected chi connectivity index (χ4v) is 6.92. The molecule has 0 radical (unpaired) electrons. The Balaban J connectivity index is 1.52. The molecule has 2 aliphatic rings. The van der Waals surface area contributed by atoms with E-state index in [4.69, 9.17) is 4.98 Å². The van der Waals surface area contributed by atoms with E-state index < -0.39 is 0 Å². The van der Waals surface area contributed by atoms with Gasteiger partial charge in [0.25, 0.3) is 5.56 Å². The Hall–Kier alpha value is -1.60. The van der Waals surface area contributed by atoms with Crippen molar-refractivity contribution in [2.45, 2.75) is 94.8 Å². The minimum Gasteiger partial charge on any atom is -0.353 e. The number of aryl methyl sites for hydroxylation is 2. The SMILES string of the molecule is C=CCn1c(SCC(=O)NC2CCCCCCC2)nc2sc3c(c2c1=O)CCCCC3. The molecule has 2 aromatic rings. The van der Waals surface area contributed by atoms with Gasteiger partial charge in [-0.1, -0.05) is 56.4 Å². The van der Waals surface area contributed by atoms with E-state index in [0.717, 1.165) is 42.3 Å². The van der Waals surface area contributed by atoms with Crippen LogP contribution in [0, 0.1) is 0 Å². The van der Waals surface area contributed by atoms with Gasteiger partial charge in [0.15, 0.2) is 5.16 Å². The van der Waals surface area contributed by atoms with Gasteiger partial charge < -0.3 is 5.32 Å². The normalized spacial score (nSPS) is 18.1. The molecule has 168 valence electrons. The number of aromatic nitrogens is 2. The number of nitrogens with one attached hydrogen (secondary N) is 1. The number of thioether (sulfide) groups is 1. The number of hydrogen-bond acceptors (Lipinski definition) is 5. The van der Waals surface area contributed by atoms with Gasteiger partial charge in [-0.05, 0) is 44.1 Å². The number of amides is 1. The Bertz CT molecular complexity index is 987. The molecule has 2 aliphatic carbocycles. The maximum absolute atomic E-state index is 13.4. The maximum Gasteiger partial charge on any atom is 0.263 e. The van der Waals surface area contributed by atoms with Crippen molar-refractivity contribution in [1.29, 1.82) is 0 Å². The summed E-state index contributed by atoms with van der Waals surface area (Å²) in [5, 5.41) is 4.64. The molecule has 1 saturated carbocycles. The van der Waals surface area contributed by atoms with Crippen LogP contribution in [0.5, 0.6) is 0 Å². The fraction of sp³-hybridized carbons (Fsp3) is 0.625. The number of nitrogens with zero attached hydrogens (tertiary/aromatic N) is 2. The van der Waals surface area contributed by atoms with Crippen molar-refractivity contribution in [3.8, 4) is 0 Å². The van der Waals surface area contributed by atoms with Gasteiger partial charge in [-0.3, -0.25) is 14.2 Å². The van der Waals surface area contributed by atoms with E-state index in [9.17, 15) is 9.59 Å². The molecule has 4 rings (SSSR count). The number of carbonyl (C=O) groups excluding carboxylic acids is 1. The highest BCUT2D eigenvalue weighted by Crippen LogP contribution is 2.34. The van der Waals surface area contributed by atoms with Gasteiger partial charge in [0, 0.05) is 17.5 Å². The molecule has 2 aromatic heterocycles. The fourth-order valence-electron chi connectivity index (χ4n) is 4.80.